The van der Waals surface area contributed by atoms with Gasteiger partial charge in [0.25, 0.3) is 5.91 Å². The Balaban J connectivity index is 1.70. The van der Waals surface area contributed by atoms with Gasteiger partial charge >= 0.3 is 5.97 Å². The first kappa shape index (κ1) is 25.0. The van der Waals surface area contributed by atoms with E-state index in [9.17, 15) is 14.4 Å². The lowest BCUT2D eigenvalue weighted by Crippen LogP contribution is -2.43. The number of rotatable bonds is 11. The Labute approximate surface area is 198 Å². The number of hydrogen-bond donors (Lipinski definition) is 1. The highest BCUT2D eigenvalue weighted by atomic mass is 16.5. The Morgan fingerprint density at radius 2 is 1.82 bits per heavy atom. The van der Waals surface area contributed by atoms with Gasteiger partial charge in [0.2, 0.25) is 5.78 Å². The summed E-state index contributed by atoms with van der Waals surface area (Å²) in [5.74, 6) is -1.46. The van der Waals surface area contributed by atoms with Gasteiger partial charge in [-0.05, 0) is 44.5 Å². The molecular weight excluding hydrogens is 436 g/mol. The van der Waals surface area contributed by atoms with Crippen LogP contribution in [0.25, 0.3) is 0 Å². The topological polar surface area (TPSA) is 99.8 Å². The van der Waals surface area contributed by atoms with Crippen LogP contribution in [0.3, 0.4) is 0 Å². The van der Waals surface area contributed by atoms with Gasteiger partial charge in [0.15, 0.2) is 12.4 Å². The van der Waals surface area contributed by atoms with Crippen LogP contribution in [0.15, 0.2) is 59.2 Å². The molecule has 1 N–H and O–H groups in total. The van der Waals surface area contributed by atoms with Gasteiger partial charge in [0, 0.05) is 30.5 Å². The van der Waals surface area contributed by atoms with Crippen molar-refractivity contribution in [1.82, 2.24) is 9.88 Å². The van der Waals surface area contributed by atoms with E-state index in [0.717, 1.165) is 17.0 Å². The zero-order valence-corrected chi connectivity index (χ0v) is 19.9. The van der Waals surface area contributed by atoms with Gasteiger partial charge in [-0.1, -0.05) is 30.3 Å². The van der Waals surface area contributed by atoms with E-state index in [4.69, 9.17) is 13.9 Å². The van der Waals surface area contributed by atoms with Crippen molar-refractivity contribution >= 4 is 17.7 Å². The summed E-state index contributed by atoms with van der Waals surface area (Å²) in [6.45, 7) is 5.87. The number of carbonyl (C=O) groups excluding carboxylic acids is 3. The first-order valence-electron chi connectivity index (χ1n) is 11.1. The van der Waals surface area contributed by atoms with E-state index in [2.05, 4.69) is 5.32 Å². The SMILES string of the molecule is COCC(C)n1c(C)cc(C(=O)COC(=O)[C@H](Cc2ccccc2)NC(=O)c2ccco2)c1C. The molecular formula is C26H30N2O6. The van der Waals surface area contributed by atoms with E-state index in [-0.39, 0.29) is 24.0 Å². The van der Waals surface area contributed by atoms with Gasteiger partial charge in [-0.3, -0.25) is 9.59 Å². The molecule has 1 aromatic carbocycles. The van der Waals surface area contributed by atoms with Gasteiger partial charge in [-0.15, -0.1) is 0 Å². The van der Waals surface area contributed by atoms with Crippen LogP contribution < -0.4 is 5.32 Å². The molecule has 8 nitrogen and oxygen atoms in total. The number of nitrogens with one attached hydrogen (secondary N) is 1. The number of aryl methyl sites for hydroxylation is 1. The Hall–Kier alpha value is -3.65. The third-order valence-corrected chi connectivity index (χ3v) is 5.60. The normalized spacial score (nSPS) is 12.7. The summed E-state index contributed by atoms with van der Waals surface area (Å²) in [5, 5.41) is 2.65. The van der Waals surface area contributed by atoms with E-state index in [1.165, 1.54) is 12.3 Å². The molecule has 3 aromatic rings. The molecule has 1 unspecified atom stereocenters. The van der Waals surface area contributed by atoms with Gasteiger partial charge in [-0.2, -0.15) is 0 Å². The number of carbonyl (C=O) groups is 3. The number of amides is 1. The van der Waals surface area contributed by atoms with Crippen LogP contribution in [-0.2, 0) is 20.7 Å². The highest BCUT2D eigenvalue weighted by Gasteiger charge is 2.26. The number of aromatic nitrogens is 1. The minimum atomic E-state index is -0.984. The predicted octanol–water partition coefficient (Wildman–Crippen LogP) is 3.67. The monoisotopic (exact) mass is 466 g/mol. The third-order valence-electron chi connectivity index (χ3n) is 5.60. The van der Waals surface area contributed by atoms with E-state index in [1.54, 1.807) is 19.2 Å². The smallest absolute Gasteiger partial charge is 0.329 e. The Morgan fingerprint density at radius 1 is 1.09 bits per heavy atom. The summed E-state index contributed by atoms with van der Waals surface area (Å²) in [4.78, 5) is 38.3. The highest BCUT2D eigenvalue weighted by molar-refractivity contribution is 6.00. The number of benzene rings is 1. The summed E-state index contributed by atoms with van der Waals surface area (Å²) >= 11 is 0. The maximum atomic E-state index is 12.9. The molecule has 0 fully saturated rings. The summed E-state index contributed by atoms with van der Waals surface area (Å²) in [6, 6.07) is 13.2. The maximum absolute atomic E-state index is 12.9. The van der Waals surface area contributed by atoms with Crippen LogP contribution in [-0.4, -0.2) is 48.6 Å². The van der Waals surface area contributed by atoms with Gasteiger partial charge in [-0.25, -0.2) is 4.79 Å². The van der Waals surface area contributed by atoms with Crippen molar-refractivity contribution in [3.05, 3.63) is 83.1 Å². The van der Waals surface area contributed by atoms with Crippen LogP contribution in [0.4, 0.5) is 0 Å². The Morgan fingerprint density at radius 3 is 2.47 bits per heavy atom. The molecule has 0 spiro atoms. The maximum Gasteiger partial charge on any atom is 0.329 e. The van der Waals surface area contributed by atoms with Crippen molar-refractivity contribution in [2.75, 3.05) is 20.3 Å². The molecule has 0 bridgehead atoms. The average molecular weight is 467 g/mol. The van der Waals surface area contributed by atoms with Crippen LogP contribution in [0.2, 0.25) is 0 Å². The second-order valence-electron chi connectivity index (χ2n) is 8.18. The van der Waals surface area contributed by atoms with Crippen LogP contribution in [0, 0.1) is 13.8 Å². The third kappa shape index (κ3) is 6.02. The summed E-state index contributed by atoms with van der Waals surface area (Å²) in [5.41, 5.74) is 3.04. The fourth-order valence-corrected chi connectivity index (χ4v) is 4.05. The van der Waals surface area contributed by atoms with Crippen molar-refractivity contribution in [3.8, 4) is 0 Å². The minimum absolute atomic E-state index is 0.0566. The standard InChI is InChI=1S/C26H30N2O6/c1-17-13-21(19(3)28(17)18(2)15-32-4)23(29)16-34-26(31)22(14-20-9-6-5-7-10-20)27-25(30)24-11-8-12-33-24/h5-13,18,22H,14-16H2,1-4H3,(H,27,30)/t18?,22-/m0/s1. The molecule has 34 heavy (non-hydrogen) atoms. The average Bonchev–Trinajstić information content (AvgIpc) is 3.46. The fourth-order valence-electron chi connectivity index (χ4n) is 4.05. The van der Waals surface area contributed by atoms with Gasteiger partial charge < -0.3 is 23.8 Å². The second kappa shape index (κ2) is 11.5. The number of methoxy groups -OCH3 is 1. The summed E-state index contributed by atoms with van der Waals surface area (Å²) in [7, 11) is 1.63. The summed E-state index contributed by atoms with van der Waals surface area (Å²) in [6.07, 6.45) is 1.59. The number of esters is 1. The summed E-state index contributed by atoms with van der Waals surface area (Å²) < 4.78 is 17.7. The number of furan rings is 1. The van der Waals surface area contributed by atoms with Gasteiger partial charge in [0.1, 0.15) is 6.04 Å². The molecule has 0 aliphatic carbocycles. The molecule has 180 valence electrons. The molecule has 1 amide bonds. The van der Waals surface area contributed by atoms with Crippen LogP contribution in [0.5, 0.6) is 0 Å². The van der Waals surface area contributed by atoms with Crippen molar-refractivity contribution in [2.24, 2.45) is 0 Å². The number of ketones is 1. The molecule has 0 saturated heterocycles. The first-order valence-corrected chi connectivity index (χ1v) is 11.1. The predicted molar refractivity (Wildman–Crippen MR) is 126 cm³/mol. The van der Waals surface area contributed by atoms with Crippen molar-refractivity contribution in [1.29, 1.82) is 0 Å². The number of hydrogen-bond acceptors (Lipinski definition) is 6. The lowest BCUT2D eigenvalue weighted by atomic mass is 10.1. The Kier molecular flexibility index (Phi) is 8.43. The fraction of sp³-hybridized carbons (Fsp3) is 0.346. The second-order valence-corrected chi connectivity index (χ2v) is 8.18. The van der Waals surface area contributed by atoms with Crippen molar-refractivity contribution < 1.29 is 28.3 Å². The minimum Gasteiger partial charge on any atom is -0.459 e. The quantitative estimate of drug-likeness (QED) is 0.342. The van der Waals surface area contributed by atoms with Crippen LogP contribution >= 0.6 is 0 Å². The number of Topliss-reactive ketones (excluding diaryl/α,β-unsaturated/α-hetero) is 1. The van der Waals surface area contributed by atoms with E-state index in [0.29, 0.717) is 12.2 Å². The molecule has 0 aliphatic rings. The highest BCUT2D eigenvalue weighted by Crippen LogP contribution is 2.21. The van der Waals surface area contributed by atoms with Crippen molar-refractivity contribution in [2.45, 2.75) is 39.3 Å². The Bertz CT molecular complexity index is 1120. The molecule has 2 heterocycles. The molecule has 0 radical (unpaired) electrons. The first-order chi connectivity index (χ1) is 16.3. The lowest BCUT2D eigenvalue weighted by Gasteiger charge is -2.18. The van der Waals surface area contributed by atoms with E-state index in [1.807, 2.05) is 55.7 Å². The molecule has 2 atom stereocenters. The van der Waals surface area contributed by atoms with E-state index >= 15 is 0 Å². The number of ether oxygens (including phenoxy) is 2. The zero-order valence-electron chi connectivity index (χ0n) is 19.9. The number of nitrogens with zero attached hydrogens (tertiary/aromatic N) is 1. The molecule has 8 heteroatoms. The molecule has 0 saturated carbocycles. The lowest BCUT2D eigenvalue weighted by molar-refractivity contribution is -0.144. The molecule has 2 aromatic heterocycles. The largest absolute Gasteiger partial charge is 0.459 e. The van der Waals surface area contributed by atoms with E-state index < -0.39 is 24.5 Å². The molecule has 3 rings (SSSR count). The van der Waals surface area contributed by atoms with Crippen LogP contribution in [0.1, 0.15) is 50.8 Å². The van der Waals surface area contributed by atoms with Gasteiger partial charge in [0.05, 0.1) is 18.9 Å². The van der Waals surface area contributed by atoms with Crippen molar-refractivity contribution in [3.63, 3.8) is 0 Å². The molecule has 0 aliphatic heterocycles. The zero-order chi connectivity index (χ0) is 24.7.